The second kappa shape index (κ2) is 6.15. The molecule has 0 fully saturated rings. The zero-order valence-corrected chi connectivity index (χ0v) is 11.4. The molecule has 19 heavy (non-hydrogen) atoms. The molecular formula is C15H16ClFN2. The highest BCUT2D eigenvalue weighted by Crippen LogP contribution is 2.22. The number of hydrogen-bond acceptors (Lipinski definition) is 2. The van der Waals surface area contributed by atoms with E-state index in [1.165, 1.54) is 12.1 Å². The first-order chi connectivity index (χ1) is 9.10. The van der Waals surface area contributed by atoms with E-state index in [0.717, 1.165) is 16.7 Å². The first kappa shape index (κ1) is 14.0. The Morgan fingerprint density at radius 3 is 2.68 bits per heavy atom. The normalized spacial score (nSPS) is 12.4. The second-order valence-electron chi connectivity index (χ2n) is 4.55. The average Bonchev–Trinajstić information content (AvgIpc) is 2.38. The third-order valence-corrected chi connectivity index (χ3v) is 3.42. The van der Waals surface area contributed by atoms with Crippen LogP contribution < -0.4 is 11.3 Å². The van der Waals surface area contributed by atoms with Gasteiger partial charge in [0.1, 0.15) is 5.82 Å². The number of hydrogen-bond donors (Lipinski definition) is 2. The van der Waals surface area contributed by atoms with Gasteiger partial charge in [-0.3, -0.25) is 11.3 Å². The van der Waals surface area contributed by atoms with Crippen molar-refractivity contribution in [2.75, 3.05) is 0 Å². The van der Waals surface area contributed by atoms with Crippen LogP contribution in [0.1, 0.15) is 22.7 Å². The Labute approximate surface area is 117 Å². The highest BCUT2D eigenvalue weighted by atomic mass is 35.5. The van der Waals surface area contributed by atoms with E-state index in [1.807, 2.05) is 31.2 Å². The van der Waals surface area contributed by atoms with Crippen LogP contribution in [0.15, 0.2) is 42.5 Å². The summed E-state index contributed by atoms with van der Waals surface area (Å²) in [7, 11) is 0. The molecule has 0 amide bonds. The Morgan fingerprint density at radius 1 is 1.26 bits per heavy atom. The summed E-state index contributed by atoms with van der Waals surface area (Å²) in [6, 6.07) is 12.3. The van der Waals surface area contributed by atoms with Gasteiger partial charge in [0.2, 0.25) is 0 Å². The molecule has 0 saturated carbocycles. The third-order valence-electron chi connectivity index (χ3n) is 3.18. The topological polar surface area (TPSA) is 38.0 Å². The minimum absolute atomic E-state index is 0.0529. The van der Waals surface area contributed by atoms with Gasteiger partial charge >= 0.3 is 0 Å². The van der Waals surface area contributed by atoms with Crippen molar-refractivity contribution in [1.82, 2.24) is 5.43 Å². The Morgan fingerprint density at radius 2 is 2.05 bits per heavy atom. The standard InChI is InChI=1S/C15H16ClFN2/c1-10-7-14(17)6-5-11(10)9-15(19-18)12-3-2-4-13(16)8-12/h2-8,15,19H,9,18H2,1H3. The molecule has 1 atom stereocenters. The molecule has 0 heterocycles. The van der Waals surface area contributed by atoms with Gasteiger partial charge in [-0.1, -0.05) is 29.8 Å². The largest absolute Gasteiger partial charge is 0.271 e. The fraction of sp³-hybridized carbons (Fsp3) is 0.200. The molecule has 0 bridgehead atoms. The molecule has 0 aliphatic carbocycles. The maximum atomic E-state index is 13.1. The lowest BCUT2D eigenvalue weighted by molar-refractivity contribution is 0.549. The molecule has 0 saturated heterocycles. The van der Waals surface area contributed by atoms with Crippen molar-refractivity contribution in [2.24, 2.45) is 5.84 Å². The molecule has 3 N–H and O–H groups in total. The summed E-state index contributed by atoms with van der Waals surface area (Å²) in [6.45, 7) is 1.89. The van der Waals surface area contributed by atoms with Crippen LogP contribution in [0, 0.1) is 12.7 Å². The summed E-state index contributed by atoms with van der Waals surface area (Å²) in [5.41, 5.74) is 5.77. The molecule has 2 aromatic carbocycles. The van der Waals surface area contributed by atoms with Crippen LogP contribution in [0.5, 0.6) is 0 Å². The maximum Gasteiger partial charge on any atom is 0.123 e. The van der Waals surface area contributed by atoms with Gasteiger partial charge in [-0.15, -0.1) is 0 Å². The first-order valence-corrected chi connectivity index (χ1v) is 6.44. The fourth-order valence-corrected chi connectivity index (χ4v) is 2.30. The van der Waals surface area contributed by atoms with E-state index in [1.54, 1.807) is 6.07 Å². The van der Waals surface area contributed by atoms with Gasteiger partial charge in [0.25, 0.3) is 0 Å². The van der Waals surface area contributed by atoms with Crippen LogP contribution in [0.2, 0.25) is 5.02 Å². The van der Waals surface area contributed by atoms with Crippen molar-refractivity contribution in [3.63, 3.8) is 0 Å². The molecule has 1 unspecified atom stereocenters. The lowest BCUT2D eigenvalue weighted by Gasteiger charge is -2.18. The summed E-state index contributed by atoms with van der Waals surface area (Å²) in [5, 5.41) is 0.675. The van der Waals surface area contributed by atoms with Gasteiger partial charge in [0.05, 0.1) is 6.04 Å². The van der Waals surface area contributed by atoms with Crippen molar-refractivity contribution in [1.29, 1.82) is 0 Å². The molecule has 0 aliphatic heterocycles. The molecule has 2 nitrogen and oxygen atoms in total. The number of aryl methyl sites for hydroxylation is 1. The molecule has 0 aliphatic rings. The van der Waals surface area contributed by atoms with Gasteiger partial charge in [-0.2, -0.15) is 0 Å². The minimum atomic E-state index is -0.221. The van der Waals surface area contributed by atoms with Crippen molar-refractivity contribution < 1.29 is 4.39 Å². The lowest BCUT2D eigenvalue weighted by Crippen LogP contribution is -2.29. The number of rotatable bonds is 4. The predicted octanol–water partition coefficient (Wildman–Crippen LogP) is 3.53. The Bertz CT molecular complexity index is 572. The quantitative estimate of drug-likeness (QED) is 0.663. The van der Waals surface area contributed by atoms with E-state index in [-0.39, 0.29) is 11.9 Å². The van der Waals surface area contributed by atoms with Gasteiger partial charge < -0.3 is 0 Å². The van der Waals surface area contributed by atoms with E-state index in [2.05, 4.69) is 5.43 Å². The summed E-state index contributed by atoms with van der Waals surface area (Å²) < 4.78 is 13.1. The Balaban J connectivity index is 2.24. The van der Waals surface area contributed by atoms with E-state index in [9.17, 15) is 4.39 Å². The average molecular weight is 279 g/mol. The molecule has 0 spiro atoms. The van der Waals surface area contributed by atoms with Crippen LogP contribution >= 0.6 is 11.6 Å². The molecule has 0 radical (unpaired) electrons. The van der Waals surface area contributed by atoms with Crippen LogP contribution in [-0.4, -0.2) is 0 Å². The molecular weight excluding hydrogens is 263 g/mol. The molecule has 4 heteroatoms. The minimum Gasteiger partial charge on any atom is -0.271 e. The van der Waals surface area contributed by atoms with Crippen molar-refractivity contribution in [3.05, 3.63) is 70.0 Å². The highest BCUT2D eigenvalue weighted by molar-refractivity contribution is 6.30. The summed E-state index contributed by atoms with van der Waals surface area (Å²) in [4.78, 5) is 0. The number of benzene rings is 2. The highest BCUT2D eigenvalue weighted by Gasteiger charge is 2.12. The number of nitrogens with one attached hydrogen (secondary N) is 1. The van der Waals surface area contributed by atoms with E-state index in [4.69, 9.17) is 17.4 Å². The molecule has 100 valence electrons. The number of nitrogens with two attached hydrogens (primary N) is 1. The maximum absolute atomic E-state index is 13.1. The van der Waals surface area contributed by atoms with Crippen LogP contribution in [0.25, 0.3) is 0 Å². The van der Waals surface area contributed by atoms with Gasteiger partial charge in [-0.25, -0.2) is 4.39 Å². The smallest absolute Gasteiger partial charge is 0.123 e. The van der Waals surface area contributed by atoms with E-state index < -0.39 is 0 Å². The van der Waals surface area contributed by atoms with Crippen LogP contribution in [0.4, 0.5) is 4.39 Å². The monoisotopic (exact) mass is 278 g/mol. The summed E-state index contributed by atoms with van der Waals surface area (Å²) in [6.07, 6.45) is 0.683. The lowest BCUT2D eigenvalue weighted by atomic mass is 9.96. The first-order valence-electron chi connectivity index (χ1n) is 6.07. The molecule has 2 aromatic rings. The Kier molecular flexibility index (Phi) is 4.53. The van der Waals surface area contributed by atoms with Crippen molar-refractivity contribution in [3.8, 4) is 0 Å². The van der Waals surface area contributed by atoms with Gasteiger partial charge in [-0.05, 0) is 54.3 Å². The van der Waals surface area contributed by atoms with Crippen LogP contribution in [-0.2, 0) is 6.42 Å². The third kappa shape index (κ3) is 3.53. The van der Waals surface area contributed by atoms with Crippen LogP contribution in [0.3, 0.4) is 0 Å². The van der Waals surface area contributed by atoms with E-state index in [0.29, 0.717) is 11.4 Å². The zero-order valence-electron chi connectivity index (χ0n) is 10.7. The zero-order chi connectivity index (χ0) is 13.8. The predicted molar refractivity (Wildman–Crippen MR) is 76.4 cm³/mol. The number of hydrazine groups is 1. The van der Waals surface area contributed by atoms with Gasteiger partial charge in [0, 0.05) is 5.02 Å². The van der Waals surface area contributed by atoms with Crippen molar-refractivity contribution in [2.45, 2.75) is 19.4 Å². The van der Waals surface area contributed by atoms with Gasteiger partial charge in [0.15, 0.2) is 0 Å². The van der Waals surface area contributed by atoms with Crippen molar-refractivity contribution >= 4 is 11.6 Å². The SMILES string of the molecule is Cc1cc(F)ccc1CC(NN)c1cccc(Cl)c1. The second-order valence-corrected chi connectivity index (χ2v) is 4.99. The Hall–Kier alpha value is -1.42. The molecule has 0 aromatic heterocycles. The summed E-state index contributed by atoms with van der Waals surface area (Å²) >= 11 is 5.98. The van der Waals surface area contributed by atoms with E-state index >= 15 is 0 Å². The molecule has 2 rings (SSSR count). The summed E-state index contributed by atoms with van der Waals surface area (Å²) in [5.74, 6) is 5.39. The fourth-order valence-electron chi connectivity index (χ4n) is 2.10. The number of halogens is 2.